The van der Waals surface area contributed by atoms with Crippen molar-refractivity contribution in [2.75, 3.05) is 0 Å². The third-order valence-electron chi connectivity index (χ3n) is 2.51. The molecule has 0 radical (unpaired) electrons. The second-order valence-electron chi connectivity index (χ2n) is 4.63. The smallest absolute Gasteiger partial charge is 0.242 e. The average Bonchev–Trinajstić information content (AvgIpc) is 2.21. The molecule has 0 atom stereocenters. The predicted octanol–water partition coefficient (Wildman–Crippen LogP) is 2.06. The highest BCUT2D eigenvalue weighted by atomic mass is 79.9. The summed E-state index contributed by atoms with van der Waals surface area (Å²) >= 11 is 6.48. The molecule has 0 aromatic heterocycles. The largest absolute Gasteiger partial charge is 0.368 e. The molecular weight excluding hydrogens is 400 g/mol. The Hall–Kier alpha value is -0.440. The van der Waals surface area contributed by atoms with Crippen LogP contribution in [-0.4, -0.2) is 19.9 Å². The molecule has 0 fully saturated rings. The first-order valence-corrected chi connectivity index (χ1v) is 8.34. The molecule has 0 saturated carbocycles. The number of aryl methyl sites for hydroxylation is 1. The molecule has 106 valence electrons. The molecule has 0 aliphatic heterocycles. The van der Waals surface area contributed by atoms with E-state index in [0.29, 0.717) is 8.95 Å². The first-order valence-electron chi connectivity index (χ1n) is 5.27. The molecule has 0 bridgehead atoms. The molecule has 0 spiro atoms. The van der Waals surface area contributed by atoms with Crippen LogP contribution in [0, 0.1) is 6.92 Å². The van der Waals surface area contributed by atoms with Crippen molar-refractivity contribution in [2.24, 2.45) is 5.73 Å². The summed E-state index contributed by atoms with van der Waals surface area (Å²) in [6.07, 6.45) is 0. The van der Waals surface area contributed by atoms with E-state index in [1.165, 1.54) is 19.9 Å². The minimum Gasteiger partial charge on any atom is -0.368 e. The zero-order chi connectivity index (χ0) is 15.0. The predicted molar refractivity (Wildman–Crippen MR) is 80.2 cm³/mol. The maximum absolute atomic E-state index is 12.3. The van der Waals surface area contributed by atoms with Crippen LogP contribution >= 0.6 is 31.9 Å². The molecule has 0 aliphatic rings. The van der Waals surface area contributed by atoms with Gasteiger partial charge in [0.2, 0.25) is 15.9 Å². The Morgan fingerprint density at radius 3 is 2.26 bits per heavy atom. The summed E-state index contributed by atoms with van der Waals surface area (Å²) in [7, 11) is -3.86. The fourth-order valence-electron chi connectivity index (χ4n) is 1.28. The number of hydrogen-bond donors (Lipinski definition) is 2. The van der Waals surface area contributed by atoms with Crippen LogP contribution in [0.1, 0.15) is 19.4 Å². The maximum atomic E-state index is 12.3. The van der Waals surface area contributed by atoms with Gasteiger partial charge in [0.15, 0.2) is 0 Å². The van der Waals surface area contributed by atoms with Crippen LogP contribution in [0.2, 0.25) is 0 Å². The topological polar surface area (TPSA) is 89.3 Å². The first kappa shape index (κ1) is 16.6. The molecule has 1 rings (SSSR count). The Bertz CT molecular complexity index is 627. The number of carbonyl (C=O) groups is 1. The van der Waals surface area contributed by atoms with Gasteiger partial charge in [0, 0.05) is 8.95 Å². The van der Waals surface area contributed by atoms with Crippen molar-refractivity contribution < 1.29 is 13.2 Å². The SMILES string of the molecule is Cc1cc(Br)c(S(=O)(=O)NC(C)(C)C(N)=O)cc1Br. The van der Waals surface area contributed by atoms with E-state index >= 15 is 0 Å². The van der Waals surface area contributed by atoms with Gasteiger partial charge in [-0.3, -0.25) is 4.79 Å². The number of rotatable bonds is 4. The fraction of sp³-hybridized carbons (Fsp3) is 0.364. The lowest BCUT2D eigenvalue weighted by atomic mass is 10.1. The molecule has 0 heterocycles. The van der Waals surface area contributed by atoms with Crippen LogP contribution in [0.5, 0.6) is 0 Å². The van der Waals surface area contributed by atoms with Crippen molar-refractivity contribution in [1.29, 1.82) is 0 Å². The quantitative estimate of drug-likeness (QED) is 0.791. The third kappa shape index (κ3) is 3.77. The molecule has 5 nitrogen and oxygen atoms in total. The molecule has 3 N–H and O–H groups in total. The Balaban J connectivity index is 3.30. The van der Waals surface area contributed by atoms with E-state index in [2.05, 4.69) is 36.6 Å². The standard InChI is InChI=1S/C11H14Br2N2O3S/c1-6-4-8(13)9(5-7(6)12)19(17,18)15-11(2,3)10(14)16/h4-5,15H,1-3H3,(H2,14,16). The van der Waals surface area contributed by atoms with E-state index in [4.69, 9.17) is 5.73 Å². The van der Waals surface area contributed by atoms with Crippen molar-refractivity contribution in [2.45, 2.75) is 31.2 Å². The van der Waals surface area contributed by atoms with Gasteiger partial charge >= 0.3 is 0 Å². The number of halogens is 2. The lowest BCUT2D eigenvalue weighted by Crippen LogP contribution is -2.52. The van der Waals surface area contributed by atoms with Gasteiger partial charge in [0.1, 0.15) is 5.54 Å². The number of nitrogens with one attached hydrogen (secondary N) is 1. The monoisotopic (exact) mass is 412 g/mol. The highest BCUT2D eigenvalue weighted by molar-refractivity contribution is 9.11. The molecule has 1 aromatic rings. The van der Waals surface area contributed by atoms with Crippen molar-refractivity contribution in [3.63, 3.8) is 0 Å². The first-order chi connectivity index (χ1) is 8.47. The summed E-state index contributed by atoms with van der Waals surface area (Å²) in [6, 6.07) is 3.15. The van der Waals surface area contributed by atoms with Crippen molar-refractivity contribution in [3.8, 4) is 0 Å². The molecule has 19 heavy (non-hydrogen) atoms. The average molecular weight is 414 g/mol. The second-order valence-corrected chi connectivity index (χ2v) is 7.99. The number of carbonyl (C=O) groups excluding carboxylic acids is 1. The van der Waals surface area contributed by atoms with Gasteiger partial charge in [-0.2, -0.15) is 4.72 Å². The Morgan fingerprint density at radius 1 is 1.26 bits per heavy atom. The van der Waals surface area contributed by atoms with Gasteiger partial charge in [-0.05, 0) is 54.4 Å². The van der Waals surface area contributed by atoms with E-state index in [0.717, 1.165) is 5.56 Å². The van der Waals surface area contributed by atoms with Crippen LogP contribution in [0.15, 0.2) is 26.0 Å². The van der Waals surface area contributed by atoms with E-state index in [1.54, 1.807) is 6.07 Å². The lowest BCUT2D eigenvalue weighted by Gasteiger charge is -2.22. The molecule has 0 unspecified atom stereocenters. The fourth-order valence-corrected chi connectivity index (χ4v) is 4.34. The Labute approximate surface area is 129 Å². The molecule has 0 saturated heterocycles. The van der Waals surface area contributed by atoms with E-state index in [-0.39, 0.29) is 4.90 Å². The Kier molecular flexibility index (Phi) is 4.82. The number of primary amides is 1. The minimum atomic E-state index is -3.86. The highest BCUT2D eigenvalue weighted by Crippen LogP contribution is 2.29. The van der Waals surface area contributed by atoms with Crippen molar-refractivity contribution in [3.05, 3.63) is 26.6 Å². The van der Waals surface area contributed by atoms with Crippen LogP contribution in [0.25, 0.3) is 0 Å². The molecule has 1 amide bonds. The van der Waals surface area contributed by atoms with Crippen molar-refractivity contribution in [1.82, 2.24) is 4.72 Å². The summed E-state index contributed by atoms with van der Waals surface area (Å²) < 4.78 is 27.9. The summed E-state index contributed by atoms with van der Waals surface area (Å²) in [5.74, 6) is -0.752. The van der Waals surface area contributed by atoms with E-state index in [9.17, 15) is 13.2 Å². The Morgan fingerprint density at radius 2 is 1.79 bits per heavy atom. The molecule has 0 aliphatic carbocycles. The molecule has 8 heteroatoms. The number of hydrogen-bond acceptors (Lipinski definition) is 3. The van der Waals surface area contributed by atoms with Crippen LogP contribution in [0.4, 0.5) is 0 Å². The summed E-state index contributed by atoms with van der Waals surface area (Å²) in [5.41, 5.74) is 4.68. The number of nitrogens with two attached hydrogens (primary N) is 1. The van der Waals surface area contributed by atoms with Gasteiger partial charge < -0.3 is 5.73 Å². The van der Waals surface area contributed by atoms with Gasteiger partial charge in [0.05, 0.1) is 4.90 Å². The molecular formula is C11H14Br2N2O3S. The summed E-state index contributed by atoms with van der Waals surface area (Å²) in [5, 5.41) is 0. The van der Waals surface area contributed by atoms with Gasteiger partial charge in [-0.25, -0.2) is 8.42 Å². The zero-order valence-electron chi connectivity index (χ0n) is 10.6. The van der Waals surface area contributed by atoms with Crippen molar-refractivity contribution >= 4 is 47.8 Å². The van der Waals surface area contributed by atoms with Crippen LogP contribution in [-0.2, 0) is 14.8 Å². The normalized spacial score (nSPS) is 12.5. The maximum Gasteiger partial charge on any atom is 0.242 e. The summed E-state index contributed by atoms with van der Waals surface area (Å²) in [4.78, 5) is 11.3. The zero-order valence-corrected chi connectivity index (χ0v) is 14.6. The van der Waals surface area contributed by atoms with Gasteiger partial charge in [-0.1, -0.05) is 15.9 Å². The minimum absolute atomic E-state index is 0.0410. The number of sulfonamides is 1. The third-order valence-corrected chi connectivity index (χ3v) is 5.98. The van der Waals surface area contributed by atoms with Crippen LogP contribution in [0.3, 0.4) is 0 Å². The van der Waals surface area contributed by atoms with Gasteiger partial charge in [-0.15, -0.1) is 0 Å². The van der Waals surface area contributed by atoms with E-state index in [1.807, 2.05) is 6.92 Å². The van der Waals surface area contributed by atoms with Crippen LogP contribution < -0.4 is 10.5 Å². The lowest BCUT2D eigenvalue weighted by molar-refractivity contribution is -0.122. The summed E-state index contributed by atoms with van der Waals surface area (Å²) in [6.45, 7) is 4.65. The number of amides is 1. The number of benzene rings is 1. The second kappa shape index (κ2) is 5.51. The highest BCUT2D eigenvalue weighted by Gasteiger charge is 2.32. The molecule has 1 aromatic carbocycles. The van der Waals surface area contributed by atoms with Gasteiger partial charge in [0.25, 0.3) is 0 Å². The van der Waals surface area contributed by atoms with E-state index < -0.39 is 21.5 Å².